The number of carbonyl (C=O) groups excluding carboxylic acids is 1. The van der Waals surface area contributed by atoms with Crippen molar-refractivity contribution >= 4 is 18.3 Å². The third-order valence-electron chi connectivity index (χ3n) is 7.26. The van der Waals surface area contributed by atoms with Crippen LogP contribution in [0.1, 0.15) is 51.7 Å². The van der Waals surface area contributed by atoms with Crippen molar-refractivity contribution in [3.05, 3.63) is 59.7 Å². The lowest BCUT2D eigenvalue weighted by atomic mass is 9.68. The summed E-state index contributed by atoms with van der Waals surface area (Å²) in [6, 6.07) is 14.8. The minimum atomic E-state index is 0. The summed E-state index contributed by atoms with van der Waals surface area (Å²) < 4.78 is 0. The molecule has 1 fully saturated rings. The minimum Gasteiger partial charge on any atom is -0.508 e. The molecule has 1 saturated heterocycles. The number of likely N-dealkylation sites (tertiary alicyclic amines) is 1. The van der Waals surface area contributed by atoms with Gasteiger partial charge in [-0.15, -0.1) is 12.4 Å². The fourth-order valence-electron chi connectivity index (χ4n) is 4.67. The van der Waals surface area contributed by atoms with Gasteiger partial charge in [-0.2, -0.15) is 0 Å². The molecule has 5 nitrogen and oxygen atoms in total. The molecule has 3 rings (SSSR count). The van der Waals surface area contributed by atoms with E-state index in [4.69, 9.17) is 0 Å². The Hall–Kier alpha value is -2.24. The van der Waals surface area contributed by atoms with Gasteiger partial charge >= 0.3 is 0 Å². The predicted octanol–water partition coefficient (Wildman–Crippen LogP) is 4.89. The highest BCUT2D eigenvalue weighted by Crippen LogP contribution is 2.40. The number of nitrogens with zero attached hydrogens (tertiary/aromatic N) is 1. The van der Waals surface area contributed by atoms with Gasteiger partial charge in [0, 0.05) is 25.6 Å². The molecule has 3 N–H and O–H groups in total. The molecule has 1 amide bonds. The molecule has 6 heteroatoms. The molecule has 33 heavy (non-hydrogen) atoms. The molecule has 0 radical (unpaired) electrons. The molecule has 1 aliphatic rings. The largest absolute Gasteiger partial charge is 0.508 e. The van der Waals surface area contributed by atoms with E-state index in [0.29, 0.717) is 30.4 Å². The lowest BCUT2D eigenvalue weighted by Gasteiger charge is -2.46. The Morgan fingerprint density at radius 1 is 1.15 bits per heavy atom. The second-order valence-electron chi connectivity index (χ2n) is 9.96. The third-order valence-corrected chi connectivity index (χ3v) is 7.26. The van der Waals surface area contributed by atoms with E-state index >= 15 is 0 Å². The van der Waals surface area contributed by atoms with E-state index in [0.717, 1.165) is 31.6 Å². The second kappa shape index (κ2) is 11.8. The van der Waals surface area contributed by atoms with Gasteiger partial charge in [-0.3, -0.25) is 4.79 Å². The molecule has 1 aliphatic heterocycles. The molecule has 0 bridgehead atoms. The van der Waals surface area contributed by atoms with Gasteiger partial charge in [0.05, 0.1) is 0 Å². The van der Waals surface area contributed by atoms with Gasteiger partial charge in [0.2, 0.25) is 5.91 Å². The van der Waals surface area contributed by atoms with Gasteiger partial charge in [0.25, 0.3) is 0 Å². The van der Waals surface area contributed by atoms with Gasteiger partial charge in [-0.25, -0.2) is 0 Å². The van der Waals surface area contributed by atoms with Crippen LogP contribution in [0.3, 0.4) is 0 Å². The summed E-state index contributed by atoms with van der Waals surface area (Å²) in [5, 5.41) is 22.6. The maximum atomic E-state index is 12.6. The Balaban J connectivity index is 0.00000385. The normalized spacial score (nSPS) is 21.9. The molecule has 182 valence electrons. The van der Waals surface area contributed by atoms with Gasteiger partial charge < -0.3 is 20.4 Å². The Kier molecular flexibility index (Phi) is 9.62. The lowest BCUT2D eigenvalue weighted by molar-refractivity contribution is -0.122. The molecule has 3 atom stereocenters. The van der Waals surface area contributed by atoms with Crippen molar-refractivity contribution in [1.29, 1.82) is 0 Å². The number of aromatic hydroxyl groups is 2. The number of phenols is 2. The first-order chi connectivity index (χ1) is 15.2. The Morgan fingerprint density at radius 3 is 2.45 bits per heavy atom. The highest BCUT2D eigenvalue weighted by molar-refractivity contribution is 5.85. The SMILES string of the molecule is CC(C)[C@@H](CN1CC[C@@](C)(c2cccc(O)c2)[C@@H](C)C1)NC(=O)CCc1ccc(O)cc1.Cl. The van der Waals surface area contributed by atoms with Gasteiger partial charge in [0.1, 0.15) is 11.5 Å². The number of phenolic OH excluding ortho intramolecular Hbond substituents is 2. The zero-order valence-electron chi connectivity index (χ0n) is 20.3. The van der Waals surface area contributed by atoms with Crippen molar-refractivity contribution in [2.75, 3.05) is 19.6 Å². The Bertz CT molecular complexity index is 902. The van der Waals surface area contributed by atoms with Crippen molar-refractivity contribution in [2.24, 2.45) is 11.8 Å². The van der Waals surface area contributed by atoms with E-state index in [9.17, 15) is 15.0 Å². The molecule has 2 aromatic carbocycles. The fourth-order valence-corrected chi connectivity index (χ4v) is 4.67. The first-order valence-electron chi connectivity index (χ1n) is 11.8. The average molecular weight is 475 g/mol. The van der Waals surface area contributed by atoms with Crippen molar-refractivity contribution < 1.29 is 15.0 Å². The van der Waals surface area contributed by atoms with E-state index in [1.807, 2.05) is 24.3 Å². The van der Waals surface area contributed by atoms with E-state index in [-0.39, 0.29) is 35.5 Å². The highest BCUT2D eigenvalue weighted by Gasteiger charge is 2.38. The number of halogens is 1. The number of rotatable bonds is 8. The van der Waals surface area contributed by atoms with Gasteiger partial charge in [-0.1, -0.05) is 52.0 Å². The van der Waals surface area contributed by atoms with Gasteiger partial charge in [0.15, 0.2) is 0 Å². The summed E-state index contributed by atoms with van der Waals surface area (Å²) in [7, 11) is 0. The molecule has 0 saturated carbocycles. The summed E-state index contributed by atoms with van der Waals surface area (Å²) in [6.45, 7) is 11.7. The Morgan fingerprint density at radius 2 is 1.85 bits per heavy atom. The summed E-state index contributed by atoms with van der Waals surface area (Å²) in [6.07, 6.45) is 2.14. The van der Waals surface area contributed by atoms with E-state index in [2.05, 4.69) is 44.0 Å². The number of aryl methyl sites for hydroxylation is 1. The molecule has 2 aromatic rings. The Labute approximate surface area is 204 Å². The van der Waals surface area contributed by atoms with Crippen LogP contribution in [0.4, 0.5) is 0 Å². The zero-order valence-corrected chi connectivity index (χ0v) is 21.1. The van der Waals surface area contributed by atoms with Crippen LogP contribution >= 0.6 is 12.4 Å². The van der Waals surface area contributed by atoms with Crippen LogP contribution in [0.15, 0.2) is 48.5 Å². The average Bonchev–Trinajstić information content (AvgIpc) is 2.75. The van der Waals surface area contributed by atoms with E-state index < -0.39 is 0 Å². The number of amides is 1. The van der Waals surface area contributed by atoms with Crippen LogP contribution < -0.4 is 5.32 Å². The molecular formula is C27H39ClN2O3. The van der Waals surface area contributed by atoms with Crippen molar-refractivity contribution in [3.8, 4) is 11.5 Å². The first-order valence-corrected chi connectivity index (χ1v) is 11.8. The number of hydrogen-bond acceptors (Lipinski definition) is 4. The number of hydrogen-bond donors (Lipinski definition) is 3. The van der Waals surface area contributed by atoms with Crippen molar-refractivity contribution in [1.82, 2.24) is 10.2 Å². The maximum Gasteiger partial charge on any atom is 0.220 e. The van der Waals surface area contributed by atoms with Crippen LogP contribution in [-0.2, 0) is 16.6 Å². The number of piperidine rings is 1. The van der Waals surface area contributed by atoms with Crippen LogP contribution in [0.5, 0.6) is 11.5 Å². The van der Waals surface area contributed by atoms with Crippen LogP contribution in [0.25, 0.3) is 0 Å². The summed E-state index contributed by atoms with van der Waals surface area (Å²) >= 11 is 0. The molecule has 1 heterocycles. The highest BCUT2D eigenvalue weighted by atomic mass is 35.5. The van der Waals surface area contributed by atoms with Crippen molar-refractivity contribution in [3.63, 3.8) is 0 Å². The predicted molar refractivity (Wildman–Crippen MR) is 136 cm³/mol. The van der Waals surface area contributed by atoms with Crippen LogP contribution in [-0.4, -0.2) is 46.7 Å². The summed E-state index contributed by atoms with van der Waals surface area (Å²) in [5.74, 6) is 1.44. The number of carbonyl (C=O) groups is 1. The van der Waals surface area contributed by atoms with E-state index in [1.54, 1.807) is 18.2 Å². The zero-order chi connectivity index (χ0) is 23.3. The number of nitrogens with one attached hydrogen (secondary N) is 1. The quantitative estimate of drug-likeness (QED) is 0.509. The monoisotopic (exact) mass is 474 g/mol. The molecule has 0 spiro atoms. The summed E-state index contributed by atoms with van der Waals surface area (Å²) in [5.41, 5.74) is 2.29. The smallest absolute Gasteiger partial charge is 0.220 e. The van der Waals surface area contributed by atoms with Gasteiger partial charge in [-0.05, 0) is 72.0 Å². The third kappa shape index (κ3) is 7.12. The molecule has 0 aliphatic carbocycles. The van der Waals surface area contributed by atoms with Crippen molar-refractivity contribution in [2.45, 2.75) is 58.4 Å². The fraction of sp³-hybridized carbons (Fsp3) is 0.519. The van der Waals surface area contributed by atoms with Crippen LogP contribution in [0.2, 0.25) is 0 Å². The minimum absolute atomic E-state index is 0. The standard InChI is InChI=1S/C27H38N2O3.ClH/c1-19(2)25(28-26(32)13-10-21-8-11-23(30)12-9-21)18-29-15-14-27(4,20(3)17-29)22-6-5-7-24(31)16-22;/h5-9,11-12,16,19-20,25,30-31H,10,13-15,17-18H2,1-4H3,(H,28,32);1H/t20-,25+,27+;/m0./s1. The topological polar surface area (TPSA) is 72.8 Å². The summed E-state index contributed by atoms with van der Waals surface area (Å²) in [4.78, 5) is 15.1. The maximum absolute atomic E-state index is 12.6. The lowest BCUT2D eigenvalue weighted by Crippen LogP contribution is -2.53. The van der Waals surface area contributed by atoms with E-state index in [1.165, 1.54) is 5.56 Å². The van der Waals surface area contributed by atoms with Crippen LogP contribution in [0, 0.1) is 11.8 Å². The molecule has 0 unspecified atom stereocenters. The first kappa shape index (κ1) is 27.0. The molecule has 0 aromatic heterocycles. The molecular weight excluding hydrogens is 436 g/mol. The number of benzene rings is 2. The second-order valence-corrected chi connectivity index (χ2v) is 9.96.